The molecule has 4 rings (SSSR count). The summed E-state index contributed by atoms with van der Waals surface area (Å²) in [5, 5.41) is 5.69. The van der Waals surface area contributed by atoms with E-state index in [9.17, 15) is 9.59 Å². The van der Waals surface area contributed by atoms with Crippen LogP contribution in [0.1, 0.15) is 50.1 Å². The van der Waals surface area contributed by atoms with Gasteiger partial charge in [0.15, 0.2) is 0 Å². The van der Waals surface area contributed by atoms with Gasteiger partial charge in [0, 0.05) is 30.1 Å². The van der Waals surface area contributed by atoms with Gasteiger partial charge in [0.1, 0.15) is 18.0 Å². The van der Waals surface area contributed by atoms with Gasteiger partial charge < -0.3 is 14.0 Å². The molecule has 1 saturated heterocycles. The lowest BCUT2D eigenvalue weighted by Gasteiger charge is -2.23. The molecule has 140 valence electrons. The third kappa shape index (κ3) is 3.27. The largest absolute Gasteiger partial charge is 0.361 e. The lowest BCUT2D eigenvalue weighted by atomic mass is 10.1. The van der Waals surface area contributed by atoms with Crippen LogP contribution in [0.4, 0.5) is 0 Å². The second-order valence-corrected chi connectivity index (χ2v) is 7.39. The van der Waals surface area contributed by atoms with Gasteiger partial charge in [-0.15, -0.1) is 0 Å². The fourth-order valence-electron chi connectivity index (χ4n) is 3.70. The molecule has 1 aliphatic rings. The smallest absolute Gasteiger partial charge is 0.258 e. The van der Waals surface area contributed by atoms with Gasteiger partial charge >= 0.3 is 0 Å². The number of likely N-dealkylation sites (tertiary alicyclic amines) is 1. The topological polar surface area (TPSA) is 68.3 Å². The van der Waals surface area contributed by atoms with Crippen LogP contribution in [0.15, 0.2) is 51.9 Å². The normalized spacial score (nSPS) is 17.1. The van der Waals surface area contributed by atoms with Crippen molar-refractivity contribution in [2.75, 3.05) is 6.54 Å². The molecule has 2 aromatic heterocycles. The van der Waals surface area contributed by atoms with Gasteiger partial charge in [0.05, 0.1) is 6.04 Å². The Balaban J connectivity index is 1.57. The summed E-state index contributed by atoms with van der Waals surface area (Å²) >= 11 is 0. The number of rotatable bonds is 4. The van der Waals surface area contributed by atoms with Crippen molar-refractivity contribution < 1.29 is 9.32 Å². The van der Waals surface area contributed by atoms with Crippen molar-refractivity contribution in [3.8, 4) is 0 Å². The molecular weight excluding hydrogens is 342 g/mol. The standard InChI is InChI=1S/C21H23N3O3/c1-14(2)19-12-17(22-27-19)18-8-5-10-24(18)20(25)13-23-11-9-15-6-3-4-7-16(15)21(23)26/h3-4,6-7,9,11-12,14,18H,5,8,10,13H2,1-2H3. The van der Waals surface area contributed by atoms with Crippen LogP contribution >= 0.6 is 0 Å². The molecule has 6 nitrogen and oxygen atoms in total. The molecule has 6 heteroatoms. The van der Waals surface area contributed by atoms with Crippen molar-refractivity contribution in [1.82, 2.24) is 14.6 Å². The van der Waals surface area contributed by atoms with E-state index in [2.05, 4.69) is 5.16 Å². The maximum Gasteiger partial charge on any atom is 0.258 e. The molecule has 3 aromatic rings. The van der Waals surface area contributed by atoms with Crippen LogP contribution in [0.5, 0.6) is 0 Å². The first-order valence-corrected chi connectivity index (χ1v) is 9.39. The van der Waals surface area contributed by atoms with Crippen LogP contribution in [0.2, 0.25) is 0 Å². The molecule has 1 amide bonds. The number of hydrogen-bond acceptors (Lipinski definition) is 4. The van der Waals surface area contributed by atoms with Crippen molar-refractivity contribution >= 4 is 16.7 Å². The molecule has 1 atom stereocenters. The van der Waals surface area contributed by atoms with Crippen LogP contribution in [0.25, 0.3) is 10.8 Å². The first-order valence-electron chi connectivity index (χ1n) is 9.39. The van der Waals surface area contributed by atoms with Gasteiger partial charge in [-0.2, -0.15) is 0 Å². The van der Waals surface area contributed by atoms with Crippen LogP contribution in [0, 0.1) is 0 Å². The van der Waals surface area contributed by atoms with E-state index >= 15 is 0 Å². The number of carbonyl (C=O) groups is 1. The number of fused-ring (bicyclic) bond motifs is 1. The van der Waals surface area contributed by atoms with Crippen LogP contribution in [0.3, 0.4) is 0 Å². The molecule has 0 spiro atoms. The monoisotopic (exact) mass is 365 g/mol. The van der Waals surface area contributed by atoms with Crippen molar-refractivity contribution in [2.45, 2.75) is 45.2 Å². The summed E-state index contributed by atoms with van der Waals surface area (Å²) in [6.45, 7) is 4.81. The predicted molar refractivity (Wildman–Crippen MR) is 102 cm³/mol. The van der Waals surface area contributed by atoms with E-state index in [0.717, 1.165) is 29.7 Å². The van der Waals surface area contributed by atoms with Gasteiger partial charge in [-0.05, 0) is 30.4 Å². The van der Waals surface area contributed by atoms with Gasteiger partial charge in [-0.3, -0.25) is 9.59 Å². The highest BCUT2D eigenvalue weighted by Crippen LogP contribution is 2.32. The van der Waals surface area contributed by atoms with E-state index in [4.69, 9.17) is 4.52 Å². The number of pyridine rings is 1. The first kappa shape index (κ1) is 17.5. The van der Waals surface area contributed by atoms with E-state index < -0.39 is 0 Å². The minimum atomic E-state index is -0.138. The van der Waals surface area contributed by atoms with Crippen molar-refractivity contribution in [2.24, 2.45) is 0 Å². The van der Waals surface area contributed by atoms with E-state index in [1.807, 2.05) is 49.1 Å². The molecule has 0 N–H and O–H groups in total. The molecule has 0 bridgehead atoms. The highest BCUT2D eigenvalue weighted by molar-refractivity contribution is 5.82. The molecule has 0 saturated carbocycles. The van der Waals surface area contributed by atoms with Crippen LogP contribution in [-0.4, -0.2) is 27.1 Å². The lowest BCUT2D eigenvalue weighted by molar-refractivity contribution is -0.132. The Hall–Kier alpha value is -2.89. The second kappa shape index (κ2) is 7.02. The first-order chi connectivity index (χ1) is 13.0. The molecule has 0 aliphatic carbocycles. The fraction of sp³-hybridized carbons (Fsp3) is 0.381. The van der Waals surface area contributed by atoms with Crippen LogP contribution in [-0.2, 0) is 11.3 Å². The zero-order valence-electron chi connectivity index (χ0n) is 15.6. The molecule has 27 heavy (non-hydrogen) atoms. The number of hydrogen-bond donors (Lipinski definition) is 0. The number of aromatic nitrogens is 2. The summed E-state index contributed by atoms with van der Waals surface area (Å²) < 4.78 is 6.90. The third-order valence-corrected chi connectivity index (χ3v) is 5.22. The van der Waals surface area contributed by atoms with Crippen molar-refractivity contribution in [1.29, 1.82) is 0 Å². The van der Waals surface area contributed by atoms with Gasteiger partial charge in [-0.25, -0.2) is 0 Å². The maximum absolute atomic E-state index is 12.9. The Morgan fingerprint density at radius 3 is 2.89 bits per heavy atom. The summed E-state index contributed by atoms with van der Waals surface area (Å²) in [6, 6.07) is 11.2. The van der Waals surface area contributed by atoms with Crippen molar-refractivity contribution in [3.63, 3.8) is 0 Å². The minimum absolute atomic E-state index is 0.0368. The van der Waals surface area contributed by atoms with E-state index in [1.54, 1.807) is 12.3 Å². The molecule has 1 fully saturated rings. The Labute approximate surface area is 157 Å². The average molecular weight is 365 g/mol. The highest BCUT2D eigenvalue weighted by atomic mass is 16.5. The zero-order chi connectivity index (χ0) is 19.0. The Bertz CT molecular complexity index is 1030. The van der Waals surface area contributed by atoms with Crippen LogP contribution < -0.4 is 5.56 Å². The Morgan fingerprint density at radius 1 is 1.30 bits per heavy atom. The van der Waals surface area contributed by atoms with Crippen molar-refractivity contribution in [3.05, 3.63) is 64.4 Å². The van der Waals surface area contributed by atoms with E-state index in [1.165, 1.54) is 4.57 Å². The predicted octanol–water partition coefficient (Wildman–Crippen LogP) is 3.48. The SMILES string of the molecule is CC(C)c1cc(C2CCCN2C(=O)Cn2ccc3ccccc3c2=O)no1. The summed E-state index contributed by atoms with van der Waals surface area (Å²) in [5.41, 5.74) is 0.663. The third-order valence-electron chi connectivity index (χ3n) is 5.22. The highest BCUT2D eigenvalue weighted by Gasteiger charge is 2.32. The number of carbonyl (C=O) groups excluding carboxylic acids is 1. The second-order valence-electron chi connectivity index (χ2n) is 7.39. The maximum atomic E-state index is 12.9. The van der Waals surface area contributed by atoms with Gasteiger partial charge in [0.2, 0.25) is 5.91 Å². The van der Waals surface area contributed by atoms with Gasteiger partial charge in [-0.1, -0.05) is 37.2 Å². The lowest BCUT2D eigenvalue weighted by Crippen LogP contribution is -2.36. The molecular formula is C21H23N3O3. The Morgan fingerprint density at radius 2 is 2.11 bits per heavy atom. The Kier molecular flexibility index (Phi) is 4.56. The van der Waals surface area contributed by atoms with E-state index in [0.29, 0.717) is 11.9 Å². The number of benzene rings is 1. The quantitative estimate of drug-likeness (QED) is 0.710. The molecule has 1 aliphatic heterocycles. The number of amides is 1. The van der Waals surface area contributed by atoms with E-state index in [-0.39, 0.29) is 30.0 Å². The molecule has 1 unspecified atom stereocenters. The molecule has 3 heterocycles. The molecule has 0 radical (unpaired) electrons. The molecule has 1 aromatic carbocycles. The summed E-state index contributed by atoms with van der Waals surface area (Å²) in [7, 11) is 0. The number of nitrogens with zero attached hydrogens (tertiary/aromatic N) is 3. The average Bonchev–Trinajstić information content (AvgIpc) is 3.33. The summed E-state index contributed by atoms with van der Waals surface area (Å²) in [5.74, 6) is 1.02. The zero-order valence-corrected chi connectivity index (χ0v) is 15.6. The summed E-state index contributed by atoms with van der Waals surface area (Å²) in [4.78, 5) is 27.4. The minimum Gasteiger partial charge on any atom is -0.361 e. The fourth-order valence-corrected chi connectivity index (χ4v) is 3.70. The van der Waals surface area contributed by atoms with Gasteiger partial charge in [0.25, 0.3) is 5.56 Å². The summed E-state index contributed by atoms with van der Waals surface area (Å²) in [6.07, 6.45) is 3.48.